The largest absolute Gasteiger partial charge is 0.325 e. The molecule has 0 radical (unpaired) electrons. The fourth-order valence-electron chi connectivity index (χ4n) is 6.32. The van der Waals surface area contributed by atoms with Gasteiger partial charge in [0.25, 0.3) is 0 Å². The van der Waals surface area contributed by atoms with Crippen molar-refractivity contribution in [1.29, 1.82) is 0 Å². The molecule has 1 N–H and O–H groups in total. The van der Waals surface area contributed by atoms with Gasteiger partial charge in [-0.25, -0.2) is 0 Å². The van der Waals surface area contributed by atoms with Crippen LogP contribution in [0.5, 0.6) is 0 Å². The normalized spacial score (nSPS) is 38.6. The van der Waals surface area contributed by atoms with E-state index < -0.39 is 0 Å². The van der Waals surface area contributed by atoms with Crippen molar-refractivity contribution in [2.75, 3.05) is 5.32 Å². The van der Waals surface area contributed by atoms with Crippen LogP contribution in [0, 0.1) is 16.7 Å². The summed E-state index contributed by atoms with van der Waals surface area (Å²) in [5.74, 6) is 0.863. The number of carbonyl (C=O) groups excluding carboxylic acids is 1. The Labute approximate surface area is 142 Å². The smallest absolute Gasteiger partial charge is 0.231 e. The van der Waals surface area contributed by atoms with Gasteiger partial charge in [-0.15, -0.1) is 0 Å². The van der Waals surface area contributed by atoms with Crippen LogP contribution in [-0.2, 0) is 10.2 Å². The third-order valence-electron chi connectivity index (χ3n) is 7.27. The van der Waals surface area contributed by atoms with Crippen LogP contribution in [0.25, 0.3) is 0 Å². The molecule has 4 aliphatic carbocycles. The number of hydrogen-bond acceptors (Lipinski definition) is 2. The van der Waals surface area contributed by atoms with Gasteiger partial charge in [0.15, 0.2) is 0 Å². The van der Waals surface area contributed by atoms with Crippen LogP contribution in [0.15, 0.2) is 54.9 Å². The lowest BCUT2D eigenvalue weighted by molar-refractivity contribution is -0.129. The maximum absolute atomic E-state index is 13.3. The molecule has 122 valence electrons. The van der Waals surface area contributed by atoms with Crippen molar-refractivity contribution in [3.8, 4) is 0 Å². The van der Waals surface area contributed by atoms with Crippen molar-refractivity contribution in [2.45, 2.75) is 38.0 Å². The van der Waals surface area contributed by atoms with E-state index in [0.29, 0.717) is 5.92 Å². The molecule has 2 aromatic rings. The maximum Gasteiger partial charge on any atom is 0.231 e. The van der Waals surface area contributed by atoms with Crippen LogP contribution in [0.3, 0.4) is 0 Å². The van der Waals surface area contributed by atoms with Crippen molar-refractivity contribution in [1.82, 2.24) is 4.98 Å². The molecule has 24 heavy (non-hydrogen) atoms. The molecule has 1 heterocycles. The van der Waals surface area contributed by atoms with Gasteiger partial charge in [0.2, 0.25) is 5.91 Å². The Morgan fingerprint density at radius 3 is 2.50 bits per heavy atom. The summed E-state index contributed by atoms with van der Waals surface area (Å²) in [7, 11) is 0. The number of hydrogen-bond donors (Lipinski definition) is 1. The first-order chi connectivity index (χ1) is 11.6. The second kappa shape index (κ2) is 4.47. The van der Waals surface area contributed by atoms with Crippen LogP contribution in [-0.4, -0.2) is 10.9 Å². The molecule has 1 aromatic carbocycles. The van der Waals surface area contributed by atoms with Gasteiger partial charge in [-0.2, -0.15) is 0 Å². The Hall–Kier alpha value is -2.16. The summed E-state index contributed by atoms with van der Waals surface area (Å²) in [5, 5.41) is 3.17. The van der Waals surface area contributed by atoms with E-state index in [9.17, 15) is 4.79 Å². The van der Waals surface area contributed by atoms with E-state index >= 15 is 0 Å². The summed E-state index contributed by atoms with van der Waals surface area (Å²) in [6.45, 7) is 2.34. The van der Waals surface area contributed by atoms with Gasteiger partial charge in [0.1, 0.15) is 0 Å². The lowest BCUT2D eigenvalue weighted by atomic mass is 9.68. The highest BCUT2D eigenvalue weighted by molar-refractivity contribution is 5.97. The van der Waals surface area contributed by atoms with Crippen LogP contribution >= 0.6 is 0 Å². The summed E-state index contributed by atoms with van der Waals surface area (Å²) in [6, 6.07) is 14.6. The standard InChI is InChI=1S/C21H22N2O/c1-19-11-16-12-21(19,18(24)23-17-7-9-22-10-8-17)14-20(16,13-19)15-5-3-2-4-6-15/h2-10,16H,11-14H2,1H3,(H,22,23,24). The fourth-order valence-corrected chi connectivity index (χ4v) is 6.32. The third kappa shape index (κ3) is 1.58. The van der Waals surface area contributed by atoms with E-state index in [1.165, 1.54) is 12.0 Å². The van der Waals surface area contributed by atoms with Gasteiger partial charge in [-0.05, 0) is 60.1 Å². The zero-order valence-electron chi connectivity index (χ0n) is 14.0. The summed E-state index contributed by atoms with van der Waals surface area (Å²) in [5.41, 5.74) is 2.43. The molecule has 6 rings (SSSR count). The molecular weight excluding hydrogens is 296 g/mol. The summed E-state index contributed by atoms with van der Waals surface area (Å²) in [4.78, 5) is 17.3. The lowest BCUT2D eigenvalue weighted by Crippen LogP contribution is -2.41. The van der Waals surface area contributed by atoms with Crippen molar-refractivity contribution >= 4 is 11.6 Å². The lowest BCUT2D eigenvalue weighted by Gasteiger charge is -2.36. The topological polar surface area (TPSA) is 42.0 Å². The number of benzene rings is 1. The van der Waals surface area contributed by atoms with E-state index in [1.807, 2.05) is 12.1 Å². The Morgan fingerprint density at radius 2 is 1.83 bits per heavy atom. The molecule has 4 atom stereocenters. The number of rotatable bonds is 3. The van der Waals surface area contributed by atoms with Gasteiger partial charge in [-0.3, -0.25) is 9.78 Å². The van der Waals surface area contributed by atoms with Gasteiger partial charge in [-0.1, -0.05) is 37.3 Å². The van der Waals surface area contributed by atoms with Crippen molar-refractivity contribution < 1.29 is 4.79 Å². The van der Waals surface area contributed by atoms with Gasteiger partial charge in [0, 0.05) is 18.1 Å². The predicted molar refractivity (Wildman–Crippen MR) is 93.5 cm³/mol. The number of amides is 1. The molecule has 0 spiro atoms. The molecule has 1 aromatic heterocycles. The number of anilines is 1. The zero-order chi connectivity index (χ0) is 16.4. The van der Waals surface area contributed by atoms with Gasteiger partial charge in [0.05, 0.1) is 5.41 Å². The maximum atomic E-state index is 13.3. The minimum absolute atomic E-state index is 0.130. The highest BCUT2D eigenvalue weighted by atomic mass is 16.2. The average molecular weight is 318 g/mol. The first-order valence-electron chi connectivity index (χ1n) is 8.85. The first-order valence-corrected chi connectivity index (χ1v) is 8.85. The van der Waals surface area contributed by atoms with Gasteiger partial charge < -0.3 is 5.32 Å². The third-order valence-corrected chi connectivity index (χ3v) is 7.27. The molecule has 4 bridgehead atoms. The molecule has 0 aliphatic heterocycles. The number of aromatic nitrogens is 1. The molecule has 4 fully saturated rings. The quantitative estimate of drug-likeness (QED) is 0.923. The summed E-state index contributed by atoms with van der Waals surface area (Å²) in [6.07, 6.45) is 7.83. The molecule has 4 aliphatic rings. The Balaban J connectivity index is 1.51. The number of pyridine rings is 1. The first kappa shape index (κ1) is 14.2. The monoisotopic (exact) mass is 318 g/mol. The van der Waals surface area contributed by atoms with E-state index in [1.54, 1.807) is 12.4 Å². The summed E-state index contributed by atoms with van der Waals surface area (Å²) >= 11 is 0. The van der Waals surface area contributed by atoms with Crippen LogP contribution in [0.4, 0.5) is 5.69 Å². The van der Waals surface area contributed by atoms with Crippen molar-refractivity contribution in [3.05, 3.63) is 60.4 Å². The van der Waals surface area contributed by atoms with Crippen molar-refractivity contribution in [3.63, 3.8) is 0 Å². The number of nitrogens with one attached hydrogen (secondary N) is 1. The van der Waals surface area contributed by atoms with Crippen LogP contribution in [0.1, 0.15) is 38.2 Å². The van der Waals surface area contributed by atoms with E-state index in [0.717, 1.165) is 24.9 Å². The minimum Gasteiger partial charge on any atom is -0.325 e. The molecule has 4 saturated carbocycles. The molecular formula is C21H22N2O. The van der Waals surface area contributed by atoms with E-state index in [2.05, 4.69) is 47.6 Å². The average Bonchev–Trinajstić information content (AvgIpc) is 3.24. The predicted octanol–water partition coefficient (Wildman–Crippen LogP) is 4.17. The highest BCUT2D eigenvalue weighted by Crippen LogP contribution is 2.81. The Morgan fingerprint density at radius 1 is 1.08 bits per heavy atom. The highest BCUT2D eigenvalue weighted by Gasteiger charge is 2.78. The van der Waals surface area contributed by atoms with Crippen LogP contribution in [0.2, 0.25) is 0 Å². The SMILES string of the molecule is CC12CC3CC1(C(=O)Nc1ccncc1)CC3(c1ccccc1)C2. The van der Waals surface area contributed by atoms with E-state index in [4.69, 9.17) is 0 Å². The second-order valence-corrected chi connectivity index (χ2v) is 8.31. The Kier molecular flexibility index (Phi) is 2.65. The Bertz CT molecular complexity index is 805. The molecule has 1 amide bonds. The zero-order valence-corrected chi connectivity index (χ0v) is 14.0. The van der Waals surface area contributed by atoms with Crippen molar-refractivity contribution in [2.24, 2.45) is 16.7 Å². The number of nitrogens with zero attached hydrogens (tertiary/aromatic N) is 1. The van der Waals surface area contributed by atoms with E-state index in [-0.39, 0.29) is 22.2 Å². The molecule has 4 unspecified atom stereocenters. The fraction of sp³-hybridized carbons (Fsp3) is 0.429. The molecule has 0 saturated heterocycles. The minimum atomic E-state index is -0.212. The second-order valence-electron chi connectivity index (χ2n) is 8.31. The van der Waals surface area contributed by atoms with Gasteiger partial charge >= 0.3 is 0 Å². The molecule has 3 heteroatoms. The molecule has 3 nitrogen and oxygen atoms in total. The van der Waals surface area contributed by atoms with Crippen LogP contribution < -0.4 is 5.32 Å². The summed E-state index contributed by atoms with van der Waals surface area (Å²) < 4.78 is 0. The number of carbonyl (C=O) groups is 1.